The Morgan fingerprint density at radius 3 is 2.33 bits per heavy atom. The number of hydrogen-bond acceptors (Lipinski definition) is 8. The molecule has 0 bridgehead atoms. The van der Waals surface area contributed by atoms with Gasteiger partial charge in [0.05, 0.1) is 33.3 Å². The maximum atomic E-state index is 13.0. The van der Waals surface area contributed by atoms with Gasteiger partial charge in [-0.25, -0.2) is 0 Å². The lowest BCUT2D eigenvalue weighted by molar-refractivity contribution is -0.151. The van der Waals surface area contributed by atoms with Crippen LogP contribution in [0, 0.1) is 5.92 Å². The van der Waals surface area contributed by atoms with E-state index in [9.17, 15) is 19.2 Å². The smallest absolute Gasteiger partial charge is 0.310 e. The number of hydrogen-bond donors (Lipinski definition) is 1. The summed E-state index contributed by atoms with van der Waals surface area (Å²) in [6.45, 7) is 2.26. The quantitative estimate of drug-likeness (QED) is 0.492. The summed E-state index contributed by atoms with van der Waals surface area (Å²) in [5.41, 5.74) is 5.32. The van der Waals surface area contributed by atoms with Crippen LogP contribution >= 0.6 is 0 Å². The number of esters is 1. The molecule has 11 heteroatoms. The number of likely N-dealkylation sites (tertiary alicyclic amines) is 1. The van der Waals surface area contributed by atoms with E-state index in [-0.39, 0.29) is 53.7 Å². The van der Waals surface area contributed by atoms with Gasteiger partial charge in [0.1, 0.15) is 0 Å². The molecule has 2 N–H and O–H groups in total. The summed E-state index contributed by atoms with van der Waals surface area (Å²) in [5, 5.41) is 0. The highest BCUT2D eigenvalue weighted by atomic mass is 16.5. The Morgan fingerprint density at radius 1 is 1.15 bits per heavy atom. The largest absolute Gasteiger partial charge is 0.493 e. The summed E-state index contributed by atoms with van der Waals surface area (Å²) in [7, 11) is 4.26. The average Bonchev–Trinajstić information content (AvgIpc) is 2.81. The van der Waals surface area contributed by atoms with E-state index < -0.39 is 18.4 Å². The molecule has 11 nitrogen and oxygen atoms in total. The maximum absolute atomic E-state index is 13.0. The first kappa shape index (κ1) is 25.8. The summed E-state index contributed by atoms with van der Waals surface area (Å²) in [4.78, 5) is 51.7. The monoisotopic (exact) mass is 465 g/mol. The number of ether oxygens (including phenoxy) is 4. The first-order valence-electron chi connectivity index (χ1n) is 10.6. The van der Waals surface area contributed by atoms with Crippen molar-refractivity contribution in [1.29, 1.82) is 0 Å². The van der Waals surface area contributed by atoms with Gasteiger partial charge in [0.2, 0.25) is 11.7 Å². The van der Waals surface area contributed by atoms with Crippen LogP contribution in [0.1, 0.15) is 30.1 Å². The number of nitrogens with two attached hydrogens (primary N) is 1. The van der Waals surface area contributed by atoms with Gasteiger partial charge in [-0.05, 0) is 31.9 Å². The van der Waals surface area contributed by atoms with E-state index in [1.165, 1.54) is 38.3 Å². The van der Waals surface area contributed by atoms with Gasteiger partial charge in [-0.1, -0.05) is 0 Å². The minimum absolute atomic E-state index is 0.132. The van der Waals surface area contributed by atoms with Crippen LogP contribution < -0.4 is 19.9 Å². The van der Waals surface area contributed by atoms with Crippen LogP contribution in [-0.4, -0.2) is 87.6 Å². The lowest BCUT2D eigenvalue weighted by atomic mass is 9.98. The third-order valence-corrected chi connectivity index (χ3v) is 5.18. The lowest BCUT2D eigenvalue weighted by Crippen LogP contribution is -2.47. The predicted octanol–water partition coefficient (Wildman–Crippen LogP) is 0.442. The number of piperidine rings is 1. The van der Waals surface area contributed by atoms with E-state index in [0.29, 0.717) is 26.0 Å². The third kappa shape index (κ3) is 6.74. The molecule has 1 saturated heterocycles. The minimum Gasteiger partial charge on any atom is -0.493 e. The fourth-order valence-electron chi connectivity index (χ4n) is 3.54. The van der Waals surface area contributed by atoms with Crippen molar-refractivity contribution >= 4 is 23.7 Å². The van der Waals surface area contributed by atoms with Gasteiger partial charge in [0.15, 0.2) is 18.1 Å². The normalized spacial score (nSPS) is 15.4. The maximum Gasteiger partial charge on any atom is 0.310 e. The van der Waals surface area contributed by atoms with Crippen molar-refractivity contribution in [2.24, 2.45) is 11.7 Å². The molecular formula is C22H31N3O8. The average molecular weight is 466 g/mol. The van der Waals surface area contributed by atoms with Crippen molar-refractivity contribution in [1.82, 2.24) is 9.80 Å². The molecule has 182 valence electrons. The summed E-state index contributed by atoms with van der Waals surface area (Å²) >= 11 is 0. The first-order chi connectivity index (χ1) is 15.7. The zero-order chi connectivity index (χ0) is 24.5. The van der Waals surface area contributed by atoms with E-state index in [0.717, 1.165) is 0 Å². The van der Waals surface area contributed by atoms with Gasteiger partial charge in [-0.2, -0.15) is 0 Å². The standard InChI is InChI=1S/C22H31N3O8/c1-5-32-22(29)14-7-6-8-25(11-14)19(27)12-24(2)21(28)15-9-16(30-3)20(17(10-15)31-4)33-13-18(23)26/h9-10,14H,5-8,11-13H2,1-4H3,(H2,23,26). The molecule has 1 unspecified atom stereocenters. The van der Waals surface area contributed by atoms with Gasteiger partial charge in [0.25, 0.3) is 11.8 Å². The van der Waals surface area contributed by atoms with Crippen LogP contribution in [0.5, 0.6) is 17.2 Å². The fraction of sp³-hybridized carbons (Fsp3) is 0.545. The van der Waals surface area contributed by atoms with Gasteiger partial charge < -0.3 is 34.5 Å². The Kier molecular flexibility index (Phi) is 9.31. The molecule has 0 aliphatic carbocycles. The minimum atomic E-state index is -0.680. The molecule has 0 spiro atoms. The fourth-order valence-corrected chi connectivity index (χ4v) is 3.54. The number of rotatable bonds is 10. The van der Waals surface area contributed by atoms with Crippen molar-refractivity contribution in [2.75, 3.05) is 54.1 Å². The van der Waals surface area contributed by atoms with E-state index in [2.05, 4.69) is 0 Å². The molecule has 3 amide bonds. The molecule has 1 aromatic rings. The number of carbonyl (C=O) groups excluding carboxylic acids is 4. The Morgan fingerprint density at radius 2 is 1.79 bits per heavy atom. The number of primary amides is 1. The first-order valence-corrected chi connectivity index (χ1v) is 10.6. The molecule has 0 radical (unpaired) electrons. The summed E-state index contributed by atoms with van der Waals surface area (Å²) in [5.74, 6) is -1.57. The SMILES string of the molecule is CCOC(=O)C1CCCN(C(=O)CN(C)C(=O)c2cc(OC)c(OCC(N)=O)c(OC)c2)C1. The Labute approximate surface area is 192 Å². The zero-order valence-corrected chi connectivity index (χ0v) is 19.4. The number of amides is 3. The zero-order valence-electron chi connectivity index (χ0n) is 19.4. The van der Waals surface area contributed by atoms with E-state index >= 15 is 0 Å². The molecule has 0 saturated carbocycles. The Bertz CT molecular complexity index is 863. The molecular weight excluding hydrogens is 434 g/mol. The highest BCUT2D eigenvalue weighted by Gasteiger charge is 2.30. The van der Waals surface area contributed by atoms with Crippen LogP contribution in [0.4, 0.5) is 0 Å². The second-order valence-corrected chi connectivity index (χ2v) is 7.56. The van der Waals surface area contributed by atoms with E-state index in [4.69, 9.17) is 24.7 Å². The second kappa shape index (κ2) is 11.9. The van der Waals surface area contributed by atoms with Crippen LogP contribution in [0.3, 0.4) is 0 Å². The topological polar surface area (TPSA) is 138 Å². The summed E-state index contributed by atoms with van der Waals surface area (Å²) < 4.78 is 21.0. The molecule has 1 aliphatic heterocycles. The van der Waals surface area contributed by atoms with Crippen molar-refractivity contribution < 1.29 is 38.1 Å². The molecule has 1 aliphatic rings. The summed E-state index contributed by atoms with van der Waals surface area (Å²) in [6, 6.07) is 2.86. The third-order valence-electron chi connectivity index (χ3n) is 5.18. The highest BCUT2D eigenvalue weighted by molar-refractivity contribution is 5.97. The van der Waals surface area contributed by atoms with Gasteiger partial charge in [-0.3, -0.25) is 19.2 Å². The molecule has 1 fully saturated rings. The van der Waals surface area contributed by atoms with Crippen molar-refractivity contribution in [3.05, 3.63) is 17.7 Å². The van der Waals surface area contributed by atoms with Crippen LogP contribution in [0.2, 0.25) is 0 Å². The van der Waals surface area contributed by atoms with Crippen LogP contribution in [-0.2, 0) is 19.1 Å². The number of carbonyl (C=O) groups is 4. The predicted molar refractivity (Wildman–Crippen MR) is 117 cm³/mol. The van der Waals surface area contributed by atoms with E-state index in [1.807, 2.05) is 0 Å². The number of methoxy groups -OCH3 is 2. The number of nitrogens with zero attached hydrogens (tertiary/aromatic N) is 2. The van der Waals surface area contributed by atoms with Crippen LogP contribution in [0.15, 0.2) is 12.1 Å². The number of likely N-dealkylation sites (N-methyl/N-ethyl adjacent to an activating group) is 1. The molecule has 1 atom stereocenters. The summed E-state index contributed by atoms with van der Waals surface area (Å²) in [6.07, 6.45) is 1.36. The van der Waals surface area contributed by atoms with E-state index in [1.54, 1.807) is 11.8 Å². The molecule has 1 heterocycles. The Hall–Kier alpha value is -3.50. The number of benzene rings is 1. The molecule has 0 aromatic heterocycles. The molecule has 33 heavy (non-hydrogen) atoms. The van der Waals surface area contributed by atoms with Gasteiger partial charge >= 0.3 is 5.97 Å². The second-order valence-electron chi connectivity index (χ2n) is 7.56. The van der Waals surface area contributed by atoms with Crippen LogP contribution in [0.25, 0.3) is 0 Å². The van der Waals surface area contributed by atoms with Crippen molar-refractivity contribution in [3.8, 4) is 17.2 Å². The van der Waals surface area contributed by atoms with Gasteiger partial charge in [0, 0.05) is 25.7 Å². The Balaban J connectivity index is 2.11. The van der Waals surface area contributed by atoms with Crippen molar-refractivity contribution in [2.45, 2.75) is 19.8 Å². The lowest BCUT2D eigenvalue weighted by Gasteiger charge is -2.32. The highest BCUT2D eigenvalue weighted by Crippen LogP contribution is 2.38. The van der Waals surface area contributed by atoms with Crippen molar-refractivity contribution in [3.63, 3.8) is 0 Å². The molecule has 2 rings (SSSR count). The molecule has 1 aromatic carbocycles. The van der Waals surface area contributed by atoms with Gasteiger partial charge in [-0.15, -0.1) is 0 Å².